The van der Waals surface area contributed by atoms with Crippen molar-refractivity contribution in [3.8, 4) is 0 Å². The van der Waals surface area contributed by atoms with E-state index in [2.05, 4.69) is 4.90 Å². The lowest BCUT2D eigenvalue weighted by Crippen LogP contribution is -2.28. The Balaban J connectivity index is 1.78. The molecule has 2 aliphatic rings. The molecule has 0 aromatic rings. The van der Waals surface area contributed by atoms with Gasteiger partial charge in [0, 0.05) is 19.6 Å². The van der Waals surface area contributed by atoms with E-state index in [1.54, 1.807) is 0 Å². The fourth-order valence-electron chi connectivity index (χ4n) is 2.89. The molecule has 0 N–H and O–H groups in total. The molecule has 0 amide bonds. The smallest absolute Gasteiger partial charge is 0.112 e. The number of halogens is 1. The summed E-state index contributed by atoms with van der Waals surface area (Å²) in [5.41, 5.74) is 0. The Hall–Kier alpha value is -0.110. The summed E-state index contributed by atoms with van der Waals surface area (Å²) in [5.74, 6) is 1.81. The van der Waals surface area contributed by atoms with E-state index in [0.29, 0.717) is 13.0 Å². The Morgan fingerprint density at radius 1 is 1.31 bits per heavy atom. The topological polar surface area (TPSA) is 3.24 Å². The van der Waals surface area contributed by atoms with E-state index in [1.165, 1.54) is 32.4 Å². The van der Waals surface area contributed by atoms with E-state index in [1.807, 2.05) is 6.92 Å². The van der Waals surface area contributed by atoms with Crippen LogP contribution in [0.15, 0.2) is 0 Å². The van der Waals surface area contributed by atoms with Crippen molar-refractivity contribution >= 4 is 0 Å². The van der Waals surface area contributed by atoms with Gasteiger partial charge in [0.1, 0.15) is 6.17 Å². The fraction of sp³-hybridized carbons (Fsp3) is 1.00. The van der Waals surface area contributed by atoms with E-state index in [4.69, 9.17) is 0 Å². The number of rotatable bonds is 3. The maximum absolute atomic E-state index is 13.1. The molecule has 3 unspecified atom stereocenters. The summed E-state index contributed by atoms with van der Waals surface area (Å²) in [6.45, 7) is 4.96. The third kappa shape index (κ3) is 2.04. The minimum atomic E-state index is -0.598. The number of hydrogen-bond acceptors (Lipinski definition) is 1. The molecule has 0 aromatic carbocycles. The third-order valence-electron chi connectivity index (χ3n) is 3.70. The quantitative estimate of drug-likeness (QED) is 0.653. The van der Waals surface area contributed by atoms with E-state index >= 15 is 0 Å². The van der Waals surface area contributed by atoms with Crippen molar-refractivity contribution in [2.24, 2.45) is 11.8 Å². The Kier molecular flexibility index (Phi) is 2.87. The highest BCUT2D eigenvalue weighted by atomic mass is 19.1. The number of fused-ring (bicyclic) bond motifs is 1. The molecular formula is C11H20FN. The molecule has 0 radical (unpaired) electrons. The molecule has 1 nitrogen and oxygen atoms in total. The van der Waals surface area contributed by atoms with Crippen molar-refractivity contribution in [3.05, 3.63) is 0 Å². The summed E-state index contributed by atoms with van der Waals surface area (Å²) in [6.07, 6.45) is 4.27. The molecule has 0 spiro atoms. The van der Waals surface area contributed by atoms with Crippen LogP contribution in [0.5, 0.6) is 0 Å². The summed E-state index contributed by atoms with van der Waals surface area (Å²) in [7, 11) is 0. The van der Waals surface area contributed by atoms with Crippen LogP contribution in [0.4, 0.5) is 4.39 Å². The Morgan fingerprint density at radius 3 is 2.46 bits per heavy atom. The molecule has 2 rings (SSSR count). The first kappa shape index (κ1) is 9.45. The maximum Gasteiger partial charge on any atom is 0.112 e. The SMILES string of the molecule is CCC(F)CN1CC2CCCC2C1. The van der Waals surface area contributed by atoms with Crippen LogP contribution in [-0.4, -0.2) is 30.7 Å². The first-order chi connectivity index (χ1) is 6.29. The molecule has 1 aliphatic carbocycles. The number of alkyl halides is 1. The third-order valence-corrected chi connectivity index (χ3v) is 3.70. The van der Waals surface area contributed by atoms with Crippen LogP contribution >= 0.6 is 0 Å². The molecule has 3 atom stereocenters. The highest BCUT2D eigenvalue weighted by Gasteiger charge is 2.36. The van der Waals surface area contributed by atoms with Gasteiger partial charge in [-0.15, -0.1) is 0 Å². The summed E-state index contributed by atoms with van der Waals surface area (Å²) in [6, 6.07) is 0. The molecule has 13 heavy (non-hydrogen) atoms. The van der Waals surface area contributed by atoms with Gasteiger partial charge in [-0.2, -0.15) is 0 Å². The molecule has 1 saturated carbocycles. The van der Waals surface area contributed by atoms with Crippen LogP contribution in [0.1, 0.15) is 32.6 Å². The average Bonchev–Trinajstić information content (AvgIpc) is 2.63. The van der Waals surface area contributed by atoms with Crippen molar-refractivity contribution < 1.29 is 4.39 Å². The van der Waals surface area contributed by atoms with E-state index < -0.39 is 6.17 Å². The zero-order valence-electron chi connectivity index (χ0n) is 8.51. The van der Waals surface area contributed by atoms with Gasteiger partial charge in [0.2, 0.25) is 0 Å². The minimum absolute atomic E-state index is 0.598. The highest BCUT2D eigenvalue weighted by molar-refractivity contribution is 4.88. The van der Waals surface area contributed by atoms with E-state index in [9.17, 15) is 4.39 Å². The predicted molar refractivity (Wildman–Crippen MR) is 52.5 cm³/mol. The van der Waals surface area contributed by atoms with Gasteiger partial charge < -0.3 is 0 Å². The van der Waals surface area contributed by atoms with Gasteiger partial charge in [0.15, 0.2) is 0 Å². The van der Waals surface area contributed by atoms with Crippen LogP contribution in [-0.2, 0) is 0 Å². The van der Waals surface area contributed by atoms with Crippen LogP contribution in [0, 0.1) is 11.8 Å². The second-order valence-corrected chi connectivity index (χ2v) is 4.68. The Bertz CT molecular complexity index is 157. The molecule has 1 heterocycles. The summed E-state index contributed by atoms with van der Waals surface area (Å²) in [5, 5.41) is 0. The number of hydrogen-bond donors (Lipinski definition) is 0. The fourth-order valence-corrected chi connectivity index (χ4v) is 2.89. The molecular weight excluding hydrogens is 165 g/mol. The van der Waals surface area contributed by atoms with Crippen LogP contribution in [0.3, 0.4) is 0 Å². The Labute approximate surface area is 80.3 Å². The van der Waals surface area contributed by atoms with Crippen molar-refractivity contribution in [2.45, 2.75) is 38.8 Å². The first-order valence-corrected chi connectivity index (χ1v) is 5.66. The zero-order chi connectivity index (χ0) is 9.26. The second kappa shape index (κ2) is 3.95. The number of nitrogens with zero attached hydrogens (tertiary/aromatic N) is 1. The van der Waals surface area contributed by atoms with E-state index in [-0.39, 0.29) is 0 Å². The first-order valence-electron chi connectivity index (χ1n) is 5.66. The van der Waals surface area contributed by atoms with Crippen molar-refractivity contribution in [3.63, 3.8) is 0 Å². The van der Waals surface area contributed by atoms with Gasteiger partial charge >= 0.3 is 0 Å². The normalized spacial score (nSPS) is 36.5. The summed E-state index contributed by atoms with van der Waals surface area (Å²) in [4.78, 5) is 2.34. The van der Waals surface area contributed by atoms with Crippen LogP contribution < -0.4 is 0 Å². The minimum Gasteiger partial charge on any atom is -0.300 e. The summed E-state index contributed by atoms with van der Waals surface area (Å²) < 4.78 is 13.1. The van der Waals surface area contributed by atoms with Gasteiger partial charge in [-0.05, 0) is 31.1 Å². The molecule has 0 bridgehead atoms. The second-order valence-electron chi connectivity index (χ2n) is 4.68. The lowest BCUT2D eigenvalue weighted by Gasteiger charge is -2.18. The van der Waals surface area contributed by atoms with Gasteiger partial charge in [-0.25, -0.2) is 4.39 Å². The Morgan fingerprint density at radius 2 is 1.92 bits per heavy atom. The van der Waals surface area contributed by atoms with Gasteiger partial charge in [0.25, 0.3) is 0 Å². The van der Waals surface area contributed by atoms with Crippen molar-refractivity contribution in [1.82, 2.24) is 4.90 Å². The molecule has 0 aromatic heterocycles. The lowest BCUT2D eigenvalue weighted by atomic mass is 10.0. The standard InChI is InChI=1S/C11H20FN/c1-2-11(12)8-13-6-9-4-3-5-10(9)7-13/h9-11H,2-8H2,1H3. The lowest BCUT2D eigenvalue weighted by molar-refractivity contribution is 0.205. The molecule has 1 saturated heterocycles. The molecule has 2 heteroatoms. The average molecular weight is 185 g/mol. The maximum atomic E-state index is 13.1. The zero-order valence-corrected chi connectivity index (χ0v) is 8.51. The van der Waals surface area contributed by atoms with E-state index in [0.717, 1.165) is 11.8 Å². The molecule has 2 fully saturated rings. The monoisotopic (exact) mass is 185 g/mol. The van der Waals surface area contributed by atoms with Gasteiger partial charge in [-0.3, -0.25) is 4.90 Å². The van der Waals surface area contributed by atoms with Gasteiger partial charge in [0.05, 0.1) is 0 Å². The van der Waals surface area contributed by atoms with Crippen LogP contribution in [0.2, 0.25) is 0 Å². The summed E-state index contributed by atoms with van der Waals surface area (Å²) >= 11 is 0. The van der Waals surface area contributed by atoms with Gasteiger partial charge in [-0.1, -0.05) is 13.3 Å². The molecule has 1 aliphatic heterocycles. The predicted octanol–water partition coefficient (Wildman–Crippen LogP) is 2.47. The number of likely N-dealkylation sites (tertiary alicyclic amines) is 1. The highest BCUT2D eigenvalue weighted by Crippen LogP contribution is 2.37. The van der Waals surface area contributed by atoms with Crippen molar-refractivity contribution in [2.75, 3.05) is 19.6 Å². The largest absolute Gasteiger partial charge is 0.300 e. The van der Waals surface area contributed by atoms with Crippen molar-refractivity contribution in [1.29, 1.82) is 0 Å². The molecule has 76 valence electrons. The van der Waals surface area contributed by atoms with Crippen LogP contribution in [0.25, 0.3) is 0 Å².